The van der Waals surface area contributed by atoms with E-state index in [2.05, 4.69) is 42.0 Å². The first-order chi connectivity index (χ1) is 15.7. The van der Waals surface area contributed by atoms with Crippen molar-refractivity contribution in [1.29, 1.82) is 0 Å². The zero-order chi connectivity index (χ0) is 23.9. The predicted octanol–water partition coefficient (Wildman–Crippen LogP) is 6.30. The second kappa shape index (κ2) is 8.98. The molecule has 1 aliphatic rings. The van der Waals surface area contributed by atoms with Gasteiger partial charge in [0.25, 0.3) is 5.91 Å². The molecule has 2 aromatic heterocycles. The summed E-state index contributed by atoms with van der Waals surface area (Å²) in [7, 11) is 3.62. The van der Waals surface area contributed by atoms with Crippen LogP contribution in [0.25, 0.3) is 21.8 Å². The summed E-state index contributed by atoms with van der Waals surface area (Å²) in [6.45, 7) is 11.4. The van der Waals surface area contributed by atoms with Gasteiger partial charge in [0, 0.05) is 24.7 Å². The van der Waals surface area contributed by atoms with Crippen LogP contribution in [0.2, 0.25) is 0 Å². The minimum atomic E-state index is -0.282. The third kappa shape index (κ3) is 4.33. The molecular formula is C27H35N3O2S. The van der Waals surface area contributed by atoms with Gasteiger partial charge in [0.2, 0.25) is 0 Å². The van der Waals surface area contributed by atoms with Crippen LogP contribution >= 0.6 is 11.3 Å². The van der Waals surface area contributed by atoms with Crippen molar-refractivity contribution in [1.82, 2.24) is 14.5 Å². The van der Waals surface area contributed by atoms with Crippen LogP contribution in [0.5, 0.6) is 5.75 Å². The Bertz CT molecular complexity index is 1160. The fraction of sp³-hybridized carbons (Fsp3) is 0.481. The highest BCUT2D eigenvalue weighted by Gasteiger charge is 2.33. The van der Waals surface area contributed by atoms with Gasteiger partial charge >= 0.3 is 0 Å². The van der Waals surface area contributed by atoms with Gasteiger partial charge in [-0.05, 0) is 74.2 Å². The summed E-state index contributed by atoms with van der Waals surface area (Å²) in [4.78, 5) is 21.4. The van der Waals surface area contributed by atoms with Crippen molar-refractivity contribution in [2.75, 3.05) is 14.2 Å². The van der Waals surface area contributed by atoms with Crippen molar-refractivity contribution >= 4 is 17.2 Å². The Labute approximate surface area is 201 Å². The van der Waals surface area contributed by atoms with E-state index < -0.39 is 0 Å². The zero-order valence-electron chi connectivity index (χ0n) is 20.9. The van der Waals surface area contributed by atoms with Gasteiger partial charge in [0.05, 0.1) is 17.7 Å². The highest BCUT2D eigenvalue weighted by atomic mass is 32.1. The first-order valence-electron chi connectivity index (χ1n) is 11.8. The molecule has 1 aromatic carbocycles. The topological polar surface area (TPSA) is 47.4 Å². The van der Waals surface area contributed by atoms with Crippen LogP contribution in [0, 0.1) is 5.92 Å². The number of methoxy groups -OCH3 is 1. The first-order valence-corrected chi connectivity index (χ1v) is 12.7. The minimum Gasteiger partial charge on any atom is -0.496 e. The van der Waals surface area contributed by atoms with Crippen molar-refractivity contribution in [2.45, 2.75) is 66.0 Å². The van der Waals surface area contributed by atoms with E-state index in [0.29, 0.717) is 11.7 Å². The molecule has 176 valence electrons. The normalized spacial score (nSPS) is 13.9. The third-order valence-corrected chi connectivity index (χ3v) is 7.73. The van der Waals surface area contributed by atoms with E-state index in [1.165, 1.54) is 16.7 Å². The monoisotopic (exact) mass is 465 g/mol. The van der Waals surface area contributed by atoms with E-state index in [0.717, 1.165) is 47.8 Å². The smallest absolute Gasteiger partial charge is 0.290 e. The number of benzene rings is 1. The number of amides is 1. The molecule has 6 heteroatoms. The fourth-order valence-corrected chi connectivity index (χ4v) is 5.06. The number of rotatable bonds is 6. The second-order valence-corrected chi connectivity index (χ2v) is 11.0. The number of imidazole rings is 1. The van der Waals surface area contributed by atoms with Crippen LogP contribution in [0.1, 0.15) is 62.8 Å². The van der Waals surface area contributed by atoms with E-state index >= 15 is 0 Å². The number of aromatic nitrogens is 2. The minimum absolute atomic E-state index is 0.0386. The number of hydrogen-bond donors (Lipinski definition) is 0. The quantitative estimate of drug-likeness (QED) is 0.429. The van der Waals surface area contributed by atoms with Gasteiger partial charge in [-0.3, -0.25) is 4.79 Å². The average Bonchev–Trinajstić information content (AvgIpc) is 3.44. The molecule has 0 bridgehead atoms. The summed E-state index contributed by atoms with van der Waals surface area (Å²) in [5.41, 5.74) is 5.32. The maximum Gasteiger partial charge on any atom is 0.290 e. The summed E-state index contributed by atoms with van der Waals surface area (Å²) in [5.74, 6) is 2.02. The van der Waals surface area contributed by atoms with Crippen molar-refractivity contribution in [3.05, 3.63) is 46.6 Å². The van der Waals surface area contributed by atoms with Crippen molar-refractivity contribution in [2.24, 2.45) is 5.92 Å². The molecule has 0 fully saturated rings. The molecule has 1 atom stereocenters. The summed E-state index contributed by atoms with van der Waals surface area (Å²) < 4.78 is 7.92. The Morgan fingerprint density at radius 2 is 2.09 bits per heavy atom. The largest absolute Gasteiger partial charge is 0.496 e. The first kappa shape index (κ1) is 23.6. The molecule has 0 saturated carbocycles. The summed E-state index contributed by atoms with van der Waals surface area (Å²) in [6.07, 6.45) is 2.94. The van der Waals surface area contributed by atoms with E-state index in [-0.39, 0.29) is 11.4 Å². The Balaban J connectivity index is 1.92. The van der Waals surface area contributed by atoms with E-state index in [9.17, 15) is 4.79 Å². The molecule has 1 aliphatic heterocycles. The van der Waals surface area contributed by atoms with E-state index in [4.69, 9.17) is 9.72 Å². The van der Waals surface area contributed by atoms with Gasteiger partial charge in [-0.15, -0.1) is 11.3 Å². The average molecular weight is 466 g/mol. The molecule has 3 aromatic rings. The SMILES string of the molecule is CCC(C)Cc1cc2c(cc1OC)CCn1c(C(=O)N(C)C(C)(C)C)nc(-c3cccs3)c1-2. The van der Waals surface area contributed by atoms with Crippen molar-refractivity contribution in [3.63, 3.8) is 0 Å². The molecule has 3 heterocycles. The lowest BCUT2D eigenvalue weighted by molar-refractivity contribution is 0.0638. The van der Waals surface area contributed by atoms with E-state index in [1.807, 2.05) is 33.9 Å². The molecule has 0 aliphatic carbocycles. The molecule has 0 N–H and O–H groups in total. The molecule has 1 unspecified atom stereocenters. The number of carbonyl (C=O) groups is 1. The van der Waals surface area contributed by atoms with Crippen LogP contribution in [0.3, 0.4) is 0 Å². The van der Waals surface area contributed by atoms with Crippen LogP contribution in [-0.4, -0.2) is 40.1 Å². The molecule has 33 heavy (non-hydrogen) atoms. The van der Waals surface area contributed by atoms with Gasteiger partial charge in [-0.2, -0.15) is 0 Å². The molecule has 0 spiro atoms. The lowest BCUT2D eigenvalue weighted by atomic mass is 9.90. The van der Waals surface area contributed by atoms with Crippen LogP contribution in [0.4, 0.5) is 0 Å². The fourth-order valence-electron chi connectivity index (χ4n) is 4.34. The van der Waals surface area contributed by atoms with Gasteiger partial charge in [0.1, 0.15) is 11.4 Å². The maximum atomic E-state index is 13.5. The number of fused-ring (bicyclic) bond motifs is 3. The predicted molar refractivity (Wildman–Crippen MR) is 136 cm³/mol. The van der Waals surface area contributed by atoms with Crippen LogP contribution < -0.4 is 4.74 Å². The number of carbonyl (C=O) groups excluding carboxylic acids is 1. The lowest BCUT2D eigenvalue weighted by Crippen LogP contribution is -2.43. The van der Waals surface area contributed by atoms with Crippen molar-refractivity contribution in [3.8, 4) is 27.6 Å². The van der Waals surface area contributed by atoms with Gasteiger partial charge in [0.15, 0.2) is 5.82 Å². The van der Waals surface area contributed by atoms with Crippen molar-refractivity contribution < 1.29 is 9.53 Å². The maximum absolute atomic E-state index is 13.5. The zero-order valence-corrected chi connectivity index (χ0v) is 21.7. The number of aryl methyl sites for hydroxylation is 1. The number of hydrogen-bond acceptors (Lipinski definition) is 4. The van der Waals surface area contributed by atoms with Gasteiger partial charge in [-0.25, -0.2) is 4.98 Å². The third-order valence-electron chi connectivity index (χ3n) is 6.86. The molecule has 4 rings (SSSR count). The molecular weight excluding hydrogens is 430 g/mol. The molecule has 5 nitrogen and oxygen atoms in total. The second-order valence-electron chi connectivity index (χ2n) is 10.1. The number of nitrogens with zero attached hydrogens (tertiary/aromatic N) is 3. The van der Waals surface area contributed by atoms with Crippen LogP contribution in [-0.2, 0) is 19.4 Å². The highest BCUT2D eigenvalue weighted by molar-refractivity contribution is 7.13. The summed E-state index contributed by atoms with van der Waals surface area (Å²) in [6, 6.07) is 8.62. The van der Waals surface area contributed by atoms with Gasteiger partial charge < -0.3 is 14.2 Å². The number of thiophene rings is 1. The lowest BCUT2D eigenvalue weighted by Gasteiger charge is -2.32. The summed E-state index contributed by atoms with van der Waals surface area (Å²) in [5, 5.41) is 2.07. The molecule has 1 amide bonds. The Morgan fingerprint density at radius 3 is 2.70 bits per heavy atom. The highest BCUT2D eigenvalue weighted by Crippen LogP contribution is 2.42. The number of ether oxygens (including phenoxy) is 1. The Morgan fingerprint density at radius 1 is 1.33 bits per heavy atom. The van der Waals surface area contributed by atoms with E-state index in [1.54, 1.807) is 23.3 Å². The Hall–Kier alpha value is -2.60. The van der Waals surface area contributed by atoms with Crippen LogP contribution in [0.15, 0.2) is 29.6 Å². The molecule has 0 saturated heterocycles. The standard InChI is InChI=1S/C27H35N3O2S/c1-8-17(2)14-19-15-20-18(16-21(19)32-7)11-12-30-24(20)23(22-10-9-13-33-22)28-25(30)26(31)29(6)27(3,4)5/h9-10,13,15-17H,8,11-12,14H2,1-7H3. The van der Waals surface area contributed by atoms with Gasteiger partial charge in [-0.1, -0.05) is 26.3 Å². The summed E-state index contributed by atoms with van der Waals surface area (Å²) >= 11 is 1.66. The Kier molecular flexibility index (Phi) is 6.41. The molecule has 0 radical (unpaired) electrons.